The zero-order valence-electron chi connectivity index (χ0n) is 14.6. The molecule has 3 nitrogen and oxygen atoms in total. The summed E-state index contributed by atoms with van der Waals surface area (Å²) in [5.41, 5.74) is 2.86. The molecule has 0 bridgehead atoms. The Morgan fingerprint density at radius 3 is 2.74 bits per heavy atom. The largest absolute Gasteiger partial charge is 0.493 e. The lowest BCUT2D eigenvalue weighted by molar-refractivity contribution is 0.0374. The Balaban J connectivity index is 1.50. The molecule has 1 aliphatic heterocycles. The maximum Gasteiger partial charge on any atom is 0.122 e. The average molecular weight is 317 g/mol. The molecule has 1 saturated carbocycles. The standard InChI is InChI=1S/C20H31NO2/c1-2-4-19-15-17(5-3-10-21-11-13-22-14-12-21)8-9-20(19)23-16-18-6-7-18/h8-9,15,18H,2-7,10-14,16H2,1H3. The molecule has 23 heavy (non-hydrogen) atoms. The summed E-state index contributed by atoms with van der Waals surface area (Å²) in [7, 11) is 0. The number of morpholine rings is 1. The molecule has 0 amide bonds. The van der Waals surface area contributed by atoms with Gasteiger partial charge in [0.15, 0.2) is 0 Å². The van der Waals surface area contributed by atoms with E-state index in [1.807, 2.05) is 0 Å². The van der Waals surface area contributed by atoms with Gasteiger partial charge in [0.25, 0.3) is 0 Å². The minimum atomic E-state index is 0.817. The van der Waals surface area contributed by atoms with Gasteiger partial charge in [0.1, 0.15) is 5.75 Å². The van der Waals surface area contributed by atoms with Gasteiger partial charge in [-0.3, -0.25) is 4.90 Å². The Morgan fingerprint density at radius 1 is 1.17 bits per heavy atom. The molecule has 3 heteroatoms. The van der Waals surface area contributed by atoms with Crippen molar-refractivity contribution in [2.75, 3.05) is 39.5 Å². The SMILES string of the molecule is CCCc1cc(CCCN2CCOCC2)ccc1OCC1CC1. The maximum absolute atomic E-state index is 6.05. The molecule has 1 saturated heterocycles. The first-order valence-corrected chi connectivity index (χ1v) is 9.40. The summed E-state index contributed by atoms with van der Waals surface area (Å²) < 4.78 is 11.5. The van der Waals surface area contributed by atoms with Crippen LogP contribution in [0.4, 0.5) is 0 Å². The van der Waals surface area contributed by atoms with Crippen LogP contribution in [0.3, 0.4) is 0 Å². The molecule has 0 N–H and O–H groups in total. The molecule has 2 fully saturated rings. The molecule has 128 valence electrons. The molecule has 0 aromatic heterocycles. The van der Waals surface area contributed by atoms with Crippen molar-refractivity contribution in [3.05, 3.63) is 29.3 Å². The molecule has 3 rings (SSSR count). The van der Waals surface area contributed by atoms with Crippen molar-refractivity contribution in [1.82, 2.24) is 4.90 Å². The molecule has 0 unspecified atom stereocenters. The van der Waals surface area contributed by atoms with Crippen LogP contribution in [0.25, 0.3) is 0 Å². The summed E-state index contributed by atoms with van der Waals surface area (Å²) in [4.78, 5) is 2.52. The number of rotatable bonds is 9. The van der Waals surface area contributed by atoms with E-state index in [1.54, 1.807) is 0 Å². The van der Waals surface area contributed by atoms with Crippen LogP contribution in [0, 0.1) is 5.92 Å². The van der Waals surface area contributed by atoms with E-state index in [4.69, 9.17) is 9.47 Å². The third-order valence-corrected chi connectivity index (χ3v) is 4.86. The van der Waals surface area contributed by atoms with Gasteiger partial charge in [-0.2, -0.15) is 0 Å². The molecule has 1 heterocycles. The van der Waals surface area contributed by atoms with E-state index >= 15 is 0 Å². The monoisotopic (exact) mass is 317 g/mol. The number of nitrogens with zero attached hydrogens (tertiary/aromatic N) is 1. The predicted octanol–water partition coefficient (Wildman–Crippen LogP) is 3.69. The van der Waals surface area contributed by atoms with Gasteiger partial charge in [0.2, 0.25) is 0 Å². The van der Waals surface area contributed by atoms with Gasteiger partial charge in [-0.15, -0.1) is 0 Å². The van der Waals surface area contributed by atoms with Crippen molar-refractivity contribution in [3.63, 3.8) is 0 Å². The Morgan fingerprint density at radius 2 is 2.00 bits per heavy atom. The van der Waals surface area contributed by atoms with Gasteiger partial charge in [-0.1, -0.05) is 25.5 Å². The number of benzene rings is 1. The second-order valence-corrected chi connectivity index (χ2v) is 7.00. The van der Waals surface area contributed by atoms with Gasteiger partial charge in [-0.05, 0) is 61.8 Å². The molecule has 0 spiro atoms. The fraction of sp³-hybridized carbons (Fsp3) is 0.700. The molecule has 0 radical (unpaired) electrons. The summed E-state index contributed by atoms with van der Waals surface area (Å²) >= 11 is 0. The second kappa shape index (κ2) is 8.70. The zero-order valence-corrected chi connectivity index (χ0v) is 14.6. The summed E-state index contributed by atoms with van der Waals surface area (Å²) in [6, 6.07) is 6.85. The lowest BCUT2D eigenvalue weighted by atomic mass is 10.0. The van der Waals surface area contributed by atoms with Crippen LogP contribution in [0.5, 0.6) is 5.75 Å². The fourth-order valence-corrected chi connectivity index (χ4v) is 3.22. The van der Waals surface area contributed by atoms with Crippen LogP contribution in [0.1, 0.15) is 43.7 Å². The molecule has 2 aliphatic rings. The van der Waals surface area contributed by atoms with Crippen molar-refractivity contribution in [2.45, 2.75) is 45.4 Å². The van der Waals surface area contributed by atoms with E-state index < -0.39 is 0 Å². The highest BCUT2D eigenvalue weighted by atomic mass is 16.5. The molecule has 1 aromatic carbocycles. The van der Waals surface area contributed by atoms with E-state index in [0.717, 1.165) is 57.4 Å². The van der Waals surface area contributed by atoms with Crippen molar-refractivity contribution in [1.29, 1.82) is 0 Å². The Labute approximate surface area is 141 Å². The van der Waals surface area contributed by atoms with Crippen LogP contribution >= 0.6 is 0 Å². The summed E-state index contributed by atoms with van der Waals surface area (Å²) in [5.74, 6) is 1.94. The summed E-state index contributed by atoms with van der Waals surface area (Å²) in [6.07, 6.45) is 7.39. The van der Waals surface area contributed by atoms with E-state index in [9.17, 15) is 0 Å². The molecular formula is C20H31NO2. The van der Waals surface area contributed by atoms with Crippen molar-refractivity contribution in [2.24, 2.45) is 5.92 Å². The number of hydrogen-bond acceptors (Lipinski definition) is 3. The van der Waals surface area contributed by atoms with Crippen LogP contribution in [0.2, 0.25) is 0 Å². The van der Waals surface area contributed by atoms with Gasteiger partial charge in [0.05, 0.1) is 19.8 Å². The minimum absolute atomic E-state index is 0.817. The average Bonchev–Trinajstić information content (AvgIpc) is 3.40. The van der Waals surface area contributed by atoms with Crippen molar-refractivity contribution < 1.29 is 9.47 Å². The smallest absolute Gasteiger partial charge is 0.122 e. The highest BCUT2D eigenvalue weighted by Crippen LogP contribution is 2.31. The van der Waals surface area contributed by atoms with Crippen LogP contribution < -0.4 is 4.74 Å². The first-order chi connectivity index (χ1) is 11.3. The highest BCUT2D eigenvalue weighted by Gasteiger charge is 2.22. The second-order valence-electron chi connectivity index (χ2n) is 7.00. The van der Waals surface area contributed by atoms with Crippen molar-refractivity contribution >= 4 is 0 Å². The van der Waals surface area contributed by atoms with Crippen molar-refractivity contribution in [3.8, 4) is 5.75 Å². The maximum atomic E-state index is 6.05. The van der Waals surface area contributed by atoms with E-state index in [1.165, 1.54) is 43.4 Å². The Bertz CT molecular complexity index is 479. The van der Waals surface area contributed by atoms with Gasteiger partial charge >= 0.3 is 0 Å². The summed E-state index contributed by atoms with van der Waals surface area (Å²) in [6.45, 7) is 8.32. The number of hydrogen-bond donors (Lipinski definition) is 0. The number of ether oxygens (including phenoxy) is 2. The van der Waals surface area contributed by atoms with Gasteiger partial charge in [-0.25, -0.2) is 0 Å². The highest BCUT2D eigenvalue weighted by molar-refractivity contribution is 5.37. The Hall–Kier alpha value is -1.06. The molecular weight excluding hydrogens is 286 g/mol. The van der Waals surface area contributed by atoms with E-state index in [2.05, 4.69) is 30.0 Å². The first kappa shape index (κ1) is 16.8. The normalized spacial score (nSPS) is 19.0. The fourth-order valence-electron chi connectivity index (χ4n) is 3.22. The molecule has 1 aliphatic carbocycles. The third kappa shape index (κ3) is 5.50. The van der Waals surface area contributed by atoms with Crippen LogP contribution in [0.15, 0.2) is 18.2 Å². The van der Waals surface area contributed by atoms with Crippen LogP contribution in [-0.4, -0.2) is 44.4 Å². The minimum Gasteiger partial charge on any atom is -0.493 e. The lowest BCUT2D eigenvalue weighted by Crippen LogP contribution is -2.36. The van der Waals surface area contributed by atoms with Gasteiger partial charge in [0, 0.05) is 13.1 Å². The van der Waals surface area contributed by atoms with Gasteiger partial charge < -0.3 is 9.47 Å². The Kier molecular flexibility index (Phi) is 6.35. The van der Waals surface area contributed by atoms with E-state index in [0.29, 0.717) is 0 Å². The topological polar surface area (TPSA) is 21.7 Å². The molecule has 1 aromatic rings. The predicted molar refractivity (Wildman–Crippen MR) is 94.2 cm³/mol. The lowest BCUT2D eigenvalue weighted by Gasteiger charge is -2.26. The van der Waals surface area contributed by atoms with Crippen LogP contribution in [-0.2, 0) is 17.6 Å². The molecule has 0 atom stereocenters. The quantitative estimate of drug-likeness (QED) is 0.693. The first-order valence-electron chi connectivity index (χ1n) is 9.40. The van der Waals surface area contributed by atoms with E-state index in [-0.39, 0.29) is 0 Å². The third-order valence-electron chi connectivity index (χ3n) is 4.86. The summed E-state index contributed by atoms with van der Waals surface area (Å²) in [5, 5.41) is 0. The number of aryl methyl sites for hydroxylation is 2. The zero-order chi connectivity index (χ0) is 15.9.